The van der Waals surface area contributed by atoms with Crippen molar-refractivity contribution in [3.63, 3.8) is 0 Å². The summed E-state index contributed by atoms with van der Waals surface area (Å²) in [6, 6.07) is 12.3. The van der Waals surface area contributed by atoms with Crippen molar-refractivity contribution in [2.45, 2.75) is 39.5 Å². The van der Waals surface area contributed by atoms with Crippen molar-refractivity contribution in [2.24, 2.45) is 42.1 Å². The average Bonchev–Trinajstić information content (AvgIpc) is 3.80. The second-order valence-corrected chi connectivity index (χ2v) is 16.6. The summed E-state index contributed by atoms with van der Waals surface area (Å²) in [5, 5.41) is 26.1. The number of anilines is 1. The Hall–Kier alpha value is -5.27. The molecule has 1 saturated carbocycles. The number of carboxylic acids is 1. The van der Waals surface area contributed by atoms with Gasteiger partial charge in [0.05, 0.1) is 40.7 Å². The molecule has 2 aliphatic carbocycles. The number of aromatic nitrogens is 2. The van der Waals surface area contributed by atoms with Crippen molar-refractivity contribution >= 4 is 68.4 Å². The number of carbonyl (C=O) groups excluding carboxylic acids is 4. The number of amides is 4. The number of carbonyl (C=O) groups is 5. The summed E-state index contributed by atoms with van der Waals surface area (Å²) in [6.45, 7) is 3.57. The molecule has 54 heavy (non-hydrogen) atoms. The van der Waals surface area contributed by atoms with Crippen LogP contribution in [0.15, 0.2) is 65.9 Å². The highest BCUT2D eigenvalue weighted by Gasteiger charge is 2.68. The molecule has 3 fully saturated rings. The number of ether oxygens (including phenoxy) is 1. The van der Waals surface area contributed by atoms with Gasteiger partial charge < -0.3 is 14.9 Å². The molecule has 276 valence electrons. The van der Waals surface area contributed by atoms with Gasteiger partial charge in [0.2, 0.25) is 23.6 Å². The maximum atomic E-state index is 15.1. The lowest BCUT2D eigenvalue weighted by Gasteiger charge is -2.49. The number of hydrogen-bond donors (Lipinski definition) is 2. The molecule has 2 N–H and O–H groups in total. The summed E-state index contributed by atoms with van der Waals surface area (Å²) in [5.41, 5.74) is 2.50. The molecule has 0 bridgehead atoms. The highest BCUT2D eigenvalue weighted by atomic mass is 35.5. The van der Waals surface area contributed by atoms with Gasteiger partial charge >= 0.3 is 5.97 Å². The van der Waals surface area contributed by atoms with Gasteiger partial charge in [-0.15, -0.1) is 11.3 Å². The summed E-state index contributed by atoms with van der Waals surface area (Å²) in [7, 11) is 1.70. The van der Waals surface area contributed by atoms with E-state index in [2.05, 4.69) is 0 Å². The molecular weight excluding hydrogens is 732 g/mol. The Balaban J connectivity index is 1.14. The Morgan fingerprint density at radius 3 is 2.65 bits per heavy atom. The van der Waals surface area contributed by atoms with Crippen molar-refractivity contribution in [2.75, 3.05) is 11.4 Å². The normalized spacial score (nSPS) is 27.4. The smallest absolute Gasteiger partial charge is 0.305 e. The van der Waals surface area contributed by atoms with Crippen molar-refractivity contribution in [3.05, 3.63) is 82.1 Å². The topological polar surface area (TPSA) is 159 Å². The minimum absolute atomic E-state index is 0.0581. The van der Waals surface area contributed by atoms with Gasteiger partial charge in [-0.05, 0) is 85.5 Å². The van der Waals surface area contributed by atoms with Crippen LogP contribution in [0, 0.1) is 41.9 Å². The number of benzene rings is 2. The molecule has 4 aromatic rings. The molecule has 14 heteroatoms. The number of carboxylic acid groups (broad SMARTS) is 1. The molecule has 5 heterocycles. The molecule has 5 aliphatic rings. The van der Waals surface area contributed by atoms with E-state index in [0.29, 0.717) is 39.8 Å². The van der Waals surface area contributed by atoms with Gasteiger partial charge in [0.25, 0.3) is 0 Å². The molecule has 4 amide bonds. The van der Waals surface area contributed by atoms with Crippen molar-refractivity contribution in [1.82, 2.24) is 14.7 Å². The summed E-state index contributed by atoms with van der Waals surface area (Å²) >= 11 is 7.85. The van der Waals surface area contributed by atoms with Crippen molar-refractivity contribution < 1.29 is 38.9 Å². The molecular formula is C40H35ClN4O8S. The third kappa shape index (κ3) is 4.86. The van der Waals surface area contributed by atoms with E-state index >= 15 is 4.79 Å². The number of aryl methyl sites for hydroxylation is 2. The SMILES string of the molecule is Cc1c(-c2cc(N3C(=O)C4CC5C(=CCC6C(=O)N(CCC(=O)O)C(=O)C65)C(C5=COc6ccc(O)cc6C5)C4(C)C3=O)n(C)n2)sc2ccc(Cl)cc12. The monoisotopic (exact) mass is 766 g/mol. The van der Waals surface area contributed by atoms with E-state index in [1.54, 1.807) is 47.5 Å². The molecule has 9 rings (SSSR count). The minimum Gasteiger partial charge on any atom is -0.508 e. The Morgan fingerprint density at radius 1 is 1.07 bits per heavy atom. The van der Waals surface area contributed by atoms with E-state index in [-0.39, 0.29) is 31.6 Å². The molecule has 6 unspecified atom stereocenters. The number of imide groups is 2. The lowest BCUT2D eigenvalue weighted by molar-refractivity contribution is -0.142. The number of thiophene rings is 1. The van der Waals surface area contributed by atoms with E-state index in [9.17, 15) is 29.4 Å². The quantitative estimate of drug-likeness (QED) is 0.177. The average molecular weight is 767 g/mol. The Labute approximate surface area is 318 Å². The first-order chi connectivity index (χ1) is 25.8. The van der Waals surface area contributed by atoms with E-state index in [1.807, 2.05) is 38.1 Å². The van der Waals surface area contributed by atoms with Gasteiger partial charge in [-0.2, -0.15) is 5.10 Å². The number of hydrogen-bond acceptors (Lipinski definition) is 9. The van der Waals surface area contributed by atoms with Crippen LogP contribution < -0.4 is 9.64 Å². The fourth-order valence-corrected chi connectivity index (χ4v) is 11.1. The molecule has 6 atom stereocenters. The number of halogens is 1. The largest absolute Gasteiger partial charge is 0.508 e. The zero-order valence-corrected chi connectivity index (χ0v) is 31.1. The highest BCUT2D eigenvalue weighted by molar-refractivity contribution is 7.22. The van der Waals surface area contributed by atoms with Crippen LogP contribution in [0.3, 0.4) is 0 Å². The number of phenols is 1. The lowest BCUT2D eigenvalue weighted by Crippen LogP contribution is -2.51. The number of aliphatic carboxylic acids is 1. The molecule has 3 aliphatic heterocycles. The van der Waals surface area contributed by atoms with Crippen LogP contribution in [0.5, 0.6) is 11.5 Å². The molecule has 2 aromatic carbocycles. The van der Waals surface area contributed by atoms with Gasteiger partial charge in [0, 0.05) is 47.3 Å². The number of rotatable bonds is 6. The molecule has 2 saturated heterocycles. The van der Waals surface area contributed by atoms with Crippen molar-refractivity contribution in [3.8, 4) is 22.1 Å². The van der Waals surface area contributed by atoms with Crippen LogP contribution in [0.25, 0.3) is 20.7 Å². The number of aromatic hydroxyl groups is 1. The van der Waals surface area contributed by atoms with Gasteiger partial charge in [-0.3, -0.25) is 33.6 Å². The Morgan fingerprint density at radius 2 is 1.87 bits per heavy atom. The minimum atomic E-state index is -1.31. The Kier molecular flexibility index (Phi) is 7.74. The molecule has 12 nitrogen and oxygen atoms in total. The highest BCUT2D eigenvalue weighted by Crippen LogP contribution is 2.63. The third-order valence-electron chi connectivity index (χ3n) is 12.3. The van der Waals surface area contributed by atoms with Gasteiger partial charge in [0.1, 0.15) is 23.0 Å². The van der Waals surface area contributed by atoms with Crippen LogP contribution in [0.2, 0.25) is 5.02 Å². The zero-order chi connectivity index (χ0) is 38.0. The summed E-state index contributed by atoms with van der Waals surface area (Å²) < 4.78 is 8.66. The summed E-state index contributed by atoms with van der Waals surface area (Å²) in [5.74, 6) is -5.47. The van der Waals surface area contributed by atoms with Crippen LogP contribution in [-0.4, -0.2) is 61.0 Å². The van der Waals surface area contributed by atoms with E-state index in [1.165, 1.54) is 11.0 Å². The zero-order valence-electron chi connectivity index (χ0n) is 29.5. The number of allylic oxidation sites excluding steroid dienone is 3. The number of phenolic OH excluding ortho intramolecular Hbond substituents is 1. The van der Waals surface area contributed by atoms with Crippen LogP contribution in [0.1, 0.15) is 37.3 Å². The van der Waals surface area contributed by atoms with E-state index in [4.69, 9.17) is 21.4 Å². The predicted octanol–water partition coefficient (Wildman–Crippen LogP) is 6.03. The van der Waals surface area contributed by atoms with Gasteiger partial charge in [0.15, 0.2) is 0 Å². The fourth-order valence-electron chi connectivity index (χ4n) is 9.77. The van der Waals surface area contributed by atoms with Crippen LogP contribution >= 0.6 is 22.9 Å². The molecule has 0 spiro atoms. The maximum Gasteiger partial charge on any atom is 0.305 e. The maximum absolute atomic E-state index is 15.1. The first kappa shape index (κ1) is 34.5. The first-order valence-corrected chi connectivity index (χ1v) is 19.0. The Bertz CT molecular complexity index is 2450. The lowest BCUT2D eigenvalue weighted by atomic mass is 9.51. The van der Waals surface area contributed by atoms with Crippen LogP contribution in [0.4, 0.5) is 5.82 Å². The summed E-state index contributed by atoms with van der Waals surface area (Å²) in [6.07, 6.45) is 3.90. The van der Waals surface area contributed by atoms with E-state index in [0.717, 1.165) is 31.0 Å². The van der Waals surface area contributed by atoms with E-state index < -0.39 is 64.6 Å². The number of fused-ring (bicyclic) bond motifs is 6. The number of nitrogens with zero attached hydrogens (tertiary/aromatic N) is 4. The summed E-state index contributed by atoms with van der Waals surface area (Å²) in [4.78, 5) is 72.2. The second kappa shape index (κ2) is 12.1. The molecule has 2 aromatic heterocycles. The second-order valence-electron chi connectivity index (χ2n) is 15.1. The van der Waals surface area contributed by atoms with Crippen molar-refractivity contribution in [1.29, 1.82) is 0 Å². The number of likely N-dealkylation sites (tertiary alicyclic amines) is 1. The van der Waals surface area contributed by atoms with Crippen LogP contribution in [-0.2, 0) is 37.4 Å². The third-order valence-corrected chi connectivity index (χ3v) is 13.8. The van der Waals surface area contributed by atoms with Gasteiger partial charge in [-0.1, -0.05) is 23.3 Å². The fraction of sp³-hybridized carbons (Fsp3) is 0.350. The first-order valence-electron chi connectivity index (χ1n) is 17.8. The predicted molar refractivity (Wildman–Crippen MR) is 199 cm³/mol. The molecule has 0 radical (unpaired) electrons. The van der Waals surface area contributed by atoms with Gasteiger partial charge in [-0.25, -0.2) is 4.90 Å². The standard InChI is InChI=1S/C40H35ClN4O8S/c1-18-25-14-21(41)4-9-30(25)54-35(18)28-16-31(43(3)42-28)45-37(50)27-15-26-23(6-7-24-33(26)38(51)44(36(24)49)11-10-32(47)48)34(40(27,2)39(45)52)20-12-19-13-22(46)5-8-29(19)53-17-20/h4-6,8-9,13-14,16-17,24,26-27,33-34,46H,7,10-12,15H2,1-3H3,(H,47,48).